The molecule has 4 aromatic rings. The molecule has 1 aliphatic heterocycles. The van der Waals surface area contributed by atoms with Crippen LogP contribution in [0.15, 0.2) is 78.9 Å². The van der Waals surface area contributed by atoms with Crippen LogP contribution in [0.25, 0.3) is 11.1 Å². The Morgan fingerprint density at radius 2 is 1.28 bits per heavy atom. The lowest BCUT2D eigenvalue weighted by atomic mass is 10.00. The lowest BCUT2D eigenvalue weighted by molar-refractivity contribution is 0.651. The Morgan fingerprint density at radius 3 is 2.00 bits per heavy atom. The Hall–Kier alpha value is -3.66. The number of hydrogen-bond acceptors (Lipinski definition) is 4. The summed E-state index contributed by atoms with van der Waals surface area (Å²) in [5.41, 5.74) is 8.42. The van der Waals surface area contributed by atoms with Gasteiger partial charge in [-0.1, -0.05) is 54.6 Å². The molecule has 2 heterocycles. The van der Waals surface area contributed by atoms with Gasteiger partial charge in [0.05, 0.1) is 11.4 Å². The number of anilines is 4. The fourth-order valence-electron chi connectivity index (χ4n) is 4.86. The van der Waals surface area contributed by atoms with Crippen molar-refractivity contribution in [2.24, 2.45) is 0 Å². The maximum absolute atomic E-state index is 5.17. The van der Waals surface area contributed by atoms with E-state index >= 15 is 0 Å². The molecule has 158 valence electrons. The summed E-state index contributed by atoms with van der Waals surface area (Å²) < 4.78 is 0. The highest BCUT2D eigenvalue weighted by atomic mass is 15.4. The summed E-state index contributed by atoms with van der Waals surface area (Å²) in [6.45, 7) is 2.88. The van der Waals surface area contributed by atoms with Gasteiger partial charge in [0, 0.05) is 11.4 Å². The maximum Gasteiger partial charge on any atom is 0.178 e. The molecule has 2 aliphatic rings. The zero-order valence-corrected chi connectivity index (χ0v) is 18.3. The van der Waals surface area contributed by atoms with E-state index in [1.54, 1.807) is 0 Å². The molecule has 3 aromatic carbocycles. The zero-order valence-electron chi connectivity index (χ0n) is 18.3. The normalized spacial score (nSPS) is 14.9. The Labute approximate surface area is 189 Å². The summed E-state index contributed by atoms with van der Waals surface area (Å²) in [5, 5.41) is 0. The van der Waals surface area contributed by atoms with E-state index < -0.39 is 0 Å². The van der Waals surface area contributed by atoms with Gasteiger partial charge < -0.3 is 9.80 Å². The predicted molar refractivity (Wildman–Crippen MR) is 131 cm³/mol. The molecular weight excluding hydrogens is 392 g/mol. The monoisotopic (exact) mass is 418 g/mol. The fraction of sp³-hybridized carbons (Fsp3) is 0.214. The highest BCUT2D eigenvalue weighted by Crippen LogP contribution is 2.43. The van der Waals surface area contributed by atoms with E-state index in [9.17, 15) is 0 Å². The smallest absolute Gasteiger partial charge is 0.178 e. The zero-order chi connectivity index (χ0) is 21.5. The number of aromatic nitrogens is 2. The molecule has 0 unspecified atom stereocenters. The SMILES string of the molecule is Cc1ccccc1-c1cccc(N2CN(c3ccccc3)c3nc4c(nc32)CCCC4)c1. The average molecular weight is 419 g/mol. The first-order valence-corrected chi connectivity index (χ1v) is 11.4. The molecule has 1 aliphatic carbocycles. The Balaban J connectivity index is 1.47. The second kappa shape index (κ2) is 7.79. The molecule has 0 bridgehead atoms. The van der Waals surface area contributed by atoms with Crippen molar-refractivity contribution < 1.29 is 0 Å². The fourth-order valence-corrected chi connectivity index (χ4v) is 4.86. The number of fused-ring (bicyclic) bond motifs is 2. The second-order valence-corrected chi connectivity index (χ2v) is 8.67. The van der Waals surface area contributed by atoms with Crippen molar-refractivity contribution >= 4 is 23.0 Å². The predicted octanol–water partition coefficient (Wildman–Crippen LogP) is 6.58. The number of aryl methyl sites for hydroxylation is 3. The van der Waals surface area contributed by atoms with Gasteiger partial charge in [0.15, 0.2) is 11.6 Å². The third-order valence-electron chi connectivity index (χ3n) is 6.57. The first-order valence-electron chi connectivity index (χ1n) is 11.4. The van der Waals surface area contributed by atoms with Crippen LogP contribution in [-0.4, -0.2) is 16.6 Å². The van der Waals surface area contributed by atoms with Crippen molar-refractivity contribution in [2.45, 2.75) is 32.6 Å². The first-order chi connectivity index (χ1) is 15.8. The van der Waals surface area contributed by atoms with Crippen LogP contribution in [0.2, 0.25) is 0 Å². The molecule has 4 heteroatoms. The van der Waals surface area contributed by atoms with Crippen LogP contribution in [0.4, 0.5) is 23.0 Å². The lowest BCUT2D eigenvalue weighted by Crippen LogP contribution is -2.24. The molecule has 0 fully saturated rings. The van der Waals surface area contributed by atoms with Gasteiger partial charge in [0.25, 0.3) is 0 Å². The summed E-state index contributed by atoms with van der Waals surface area (Å²) in [4.78, 5) is 14.9. The van der Waals surface area contributed by atoms with E-state index in [0.29, 0.717) is 6.67 Å². The van der Waals surface area contributed by atoms with E-state index in [0.717, 1.165) is 35.9 Å². The van der Waals surface area contributed by atoms with E-state index in [1.807, 2.05) is 0 Å². The summed E-state index contributed by atoms with van der Waals surface area (Å²) in [6, 6.07) is 27.9. The van der Waals surface area contributed by atoms with Gasteiger partial charge in [0.1, 0.15) is 6.67 Å². The molecular formula is C28H26N4. The quantitative estimate of drug-likeness (QED) is 0.376. The van der Waals surface area contributed by atoms with E-state index in [1.165, 1.54) is 40.9 Å². The number of para-hydroxylation sites is 1. The Bertz CT molecular complexity index is 1280. The lowest BCUT2D eigenvalue weighted by Gasteiger charge is -2.21. The van der Waals surface area contributed by atoms with Crippen molar-refractivity contribution in [1.82, 2.24) is 9.97 Å². The van der Waals surface area contributed by atoms with E-state index in [-0.39, 0.29) is 0 Å². The first kappa shape index (κ1) is 19.1. The number of nitrogens with zero attached hydrogens (tertiary/aromatic N) is 4. The molecule has 0 atom stereocenters. The van der Waals surface area contributed by atoms with Crippen molar-refractivity contribution in [1.29, 1.82) is 0 Å². The summed E-state index contributed by atoms with van der Waals surface area (Å²) in [5.74, 6) is 1.94. The van der Waals surface area contributed by atoms with Gasteiger partial charge in [-0.05, 0) is 73.6 Å². The minimum atomic E-state index is 0.708. The molecule has 0 spiro atoms. The van der Waals surface area contributed by atoms with E-state index in [2.05, 4.69) is 95.6 Å². The van der Waals surface area contributed by atoms with E-state index in [4.69, 9.17) is 9.97 Å². The summed E-state index contributed by atoms with van der Waals surface area (Å²) in [6.07, 6.45) is 4.46. The molecule has 0 saturated carbocycles. The van der Waals surface area contributed by atoms with Crippen LogP contribution < -0.4 is 9.80 Å². The highest BCUT2D eigenvalue weighted by Gasteiger charge is 2.33. The maximum atomic E-state index is 5.17. The topological polar surface area (TPSA) is 32.3 Å². The minimum absolute atomic E-state index is 0.708. The third kappa shape index (κ3) is 3.23. The van der Waals surface area contributed by atoms with Gasteiger partial charge >= 0.3 is 0 Å². The Kier molecular flexibility index (Phi) is 4.64. The van der Waals surface area contributed by atoms with Crippen LogP contribution in [0.3, 0.4) is 0 Å². The molecule has 4 nitrogen and oxygen atoms in total. The van der Waals surface area contributed by atoms with Gasteiger partial charge in [-0.3, -0.25) is 0 Å². The van der Waals surface area contributed by atoms with Crippen LogP contribution in [0.5, 0.6) is 0 Å². The van der Waals surface area contributed by atoms with Gasteiger partial charge in [-0.2, -0.15) is 0 Å². The van der Waals surface area contributed by atoms with Crippen molar-refractivity contribution in [3.63, 3.8) is 0 Å². The van der Waals surface area contributed by atoms with Crippen molar-refractivity contribution in [3.05, 3.63) is 95.8 Å². The Morgan fingerprint density at radius 1 is 0.656 bits per heavy atom. The number of rotatable bonds is 3. The van der Waals surface area contributed by atoms with Crippen LogP contribution in [-0.2, 0) is 12.8 Å². The molecule has 0 saturated heterocycles. The molecule has 6 rings (SSSR count). The molecule has 0 N–H and O–H groups in total. The highest BCUT2D eigenvalue weighted by molar-refractivity contribution is 5.83. The van der Waals surface area contributed by atoms with Gasteiger partial charge in [-0.25, -0.2) is 9.97 Å². The van der Waals surface area contributed by atoms with Crippen LogP contribution >= 0.6 is 0 Å². The molecule has 32 heavy (non-hydrogen) atoms. The number of hydrogen-bond donors (Lipinski definition) is 0. The van der Waals surface area contributed by atoms with Crippen LogP contribution in [0.1, 0.15) is 29.8 Å². The van der Waals surface area contributed by atoms with Gasteiger partial charge in [0.2, 0.25) is 0 Å². The van der Waals surface area contributed by atoms with Gasteiger partial charge in [-0.15, -0.1) is 0 Å². The minimum Gasteiger partial charge on any atom is -0.305 e. The molecule has 1 aromatic heterocycles. The second-order valence-electron chi connectivity index (χ2n) is 8.67. The van der Waals surface area contributed by atoms with Crippen molar-refractivity contribution in [2.75, 3.05) is 16.5 Å². The van der Waals surface area contributed by atoms with Crippen LogP contribution in [0, 0.1) is 6.92 Å². The standard InChI is InChI=1S/C28H26N4/c1-20-10-5-6-15-24(20)21-11-9-14-23(18-21)32-19-31(22-12-3-2-4-13-22)27-28(32)30-26-17-8-7-16-25(26)29-27/h2-6,9-15,18H,7-8,16-17,19H2,1H3. The number of benzene rings is 3. The molecule has 0 amide bonds. The van der Waals surface area contributed by atoms with Crippen molar-refractivity contribution in [3.8, 4) is 11.1 Å². The summed E-state index contributed by atoms with van der Waals surface area (Å²) >= 11 is 0. The average Bonchev–Trinajstić information content (AvgIpc) is 3.22. The summed E-state index contributed by atoms with van der Waals surface area (Å²) in [7, 11) is 0. The molecule has 0 radical (unpaired) electrons. The largest absolute Gasteiger partial charge is 0.305 e. The third-order valence-corrected chi connectivity index (χ3v) is 6.57.